The number of carbonyl (C=O) groups excluding carboxylic acids is 1. The molecule has 0 N–H and O–H groups in total. The number of rotatable bonds is 7. The fraction of sp³-hybridized carbons (Fsp3) is 0.0952. The molecule has 4 heteroatoms. The van der Waals surface area contributed by atoms with Gasteiger partial charge in [0.05, 0.1) is 6.61 Å². The van der Waals surface area contributed by atoms with Gasteiger partial charge in [-0.15, -0.1) is 0 Å². The zero-order valence-electron chi connectivity index (χ0n) is 13.5. The van der Waals surface area contributed by atoms with Crippen molar-refractivity contribution in [3.63, 3.8) is 0 Å². The van der Waals surface area contributed by atoms with Crippen LogP contribution in [0.25, 0.3) is 0 Å². The SMILES string of the molecule is O=C(Cl)c1ccc(Oc2ccc(OCCc3ccccc3)cc2)cc1. The molecular formula is C21H17ClO3. The highest BCUT2D eigenvalue weighted by Crippen LogP contribution is 2.24. The molecule has 0 atom stereocenters. The van der Waals surface area contributed by atoms with Gasteiger partial charge in [-0.3, -0.25) is 4.79 Å². The fourth-order valence-corrected chi connectivity index (χ4v) is 2.45. The Balaban J connectivity index is 1.52. The van der Waals surface area contributed by atoms with Crippen molar-refractivity contribution < 1.29 is 14.3 Å². The minimum Gasteiger partial charge on any atom is -0.493 e. The molecule has 0 aliphatic rings. The Kier molecular flexibility index (Phi) is 5.70. The lowest BCUT2D eigenvalue weighted by atomic mass is 10.2. The second-order valence-electron chi connectivity index (χ2n) is 5.46. The van der Waals surface area contributed by atoms with E-state index < -0.39 is 5.24 Å². The van der Waals surface area contributed by atoms with Crippen molar-refractivity contribution in [2.45, 2.75) is 6.42 Å². The van der Waals surface area contributed by atoms with Crippen molar-refractivity contribution in [2.75, 3.05) is 6.61 Å². The Morgan fingerprint density at radius 2 is 1.32 bits per heavy atom. The van der Waals surface area contributed by atoms with E-state index in [1.807, 2.05) is 42.5 Å². The van der Waals surface area contributed by atoms with Gasteiger partial charge in [0.25, 0.3) is 5.24 Å². The maximum absolute atomic E-state index is 11.0. The van der Waals surface area contributed by atoms with Crippen LogP contribution < -0.4 is 9.47 Å². The number of hydrogen-bond donors (Lipinski definition) is 0. The zero-order chi connectivity index (χ0) is 17.5. The van der Waals surface area contributed by atoms with E-state index in [0.717, 1.165) is 12.2 Å². The van der Waals surface area contributed by atoms with Crippen LogP contribution in [0.15, 0.2) is 78.9 Å². The van der Waals surface area contributed by atoms with Crippen LogP contribution in [0.2, 0.25) is 0 Å². The van der Waals surface area contributed by atoms with Gasteiger partial charge < -0.3 is 9.47 Å². The quantitative estimate of drug-likeness (QED) is 0.528. The molecule has 0 aliphatic heterocycles. The number of carbonyl (C=O) groups is 1. The topological polar surface area (TPSA) is 35.5 Å². The second kappa shape index (κ2) is 8.36. The van der Waals surface area contributed by atoms with Crippen LogP contribution in [0.5, 0.6) is 17.2 Å². The molecule has 0 saturated heterocycles. The molecule has 0 bridgehead atoms. The summed E-state index contributed by atoms with van der Waals surface area (Å²) < 4.78 is 11.5. The molecule has 0 heterocycles. The summed E-state index contributed by atoms with van der Waals surface area (Å²) in [6.07, 6.45) is 0.866. The third-order valence-corrected chi connectivity index (χ3v) is 3.86. The molecule has 0 amide bonds. The van der Waals surface area contributed by atoms with Gasteiger partial charge in [0.2, 0.25) is 0 Å². The van der Waals surface area contributed by atoms with Crippen LogP contribution >= 0.6 is 11.6 Å². The summed E-state index contributed by atoms with van der Waals surface area (Å²) in [6.45, 7) is 0.623. The van der Waals surface area contributed by atoms with Crippen LogP contribution in [-0.4, -0.2) is 11.8 Å². The molecule has 0 fully saturated rings. The number of benzene rings is 3. The number of ether oxygens (including phenoxy) is 2. The maximum Gasteiger partial charge on any atom is 0.252 e. The van der Waals surface area contributed by atoms with Gasteiger partial charge >= 0.3 is 0 Å². The summed E-state index contributed by atoms with van der Waals surface area (Å²) in [5.41, 5.74) is 1.69. The lowest BCUT2D eigenvalue weighted by molar-refractivity contribution is 0.108. The summed E-state index contributed by atoms with van der Waals surface area (Å²) >= 11 is 5.42. The molecule has 0 unspecified atom stereocenters. The van der Waals surface area contributed by atoms with Crippen LogP contribution in [0.4, 0.5) is 0 Å². The average molecular weight is 353 g/mol. The van der Waals surface area contributed by atoms with Crippen LogP contribution in [0, 0.1) is 0 Å². The number of hydrogen-bond acceptors (Lipinski definition) is 3. The fourth-order valence-electron chi connectivity index (χ4n) is 2.33. The summed E-state index contributed by atoms with van der Waals surface area (Å²) in [5.74, 6) is 2.13. The first-order valence-electron chi connectivity index (χ1n) is 7.95. The molecule has 0 radical (unpaired) electrons. The van der Waals surface area contributed by atoms with Crippen molar-refractivity contribution in [2.24, 2.45) is 0 Å². The Morgan fingerprint density at radius 1 is 0.760 bits per heavy atom. The molecule has 0 aromatic heterocycles. The molecule has 3 nitrogen and oxygen atoms in total. The van der Waals surface area contributed by atoms with E-state index in [-0.39, 0.29) is 0 Å². The van der Waals surface area contributed by atoms with Gasteiger partial charge in [0.1, 0.15) is 17.2 Å². The van der Waals surface area contributed by atoms with Crippen molar-refractivity contribution in [1.29, 1.82) is 0 Å². The minimum atomic E-state index is -0.483. The highest BCUT2D eigenvalue weighted by Gasteiger charge is 2.03. The Labute approximate surface area is 151 Å². The normalized spacial score (nSPS) is 10.3. The monoisotopic (exact) mass is 352 g/mol. The third-order valence-electron chi connectivity index (χ3n) is 3.64. The molecule has 126 valence electrons. The first-order valence-corrected chi connectivity index (χ1v) is 8.33. The van der Waals surface area contributed by atoms with Crippen LogP contribution in [-0.2, 0) is 6.42 Å². The zero-order valence-corrected chi connectivity index (χ0v) is 14.3. The molecule has 0 aliphatic carbocycles. The molecule has 0 saturated carbocycles. The molecule has 25 heavy (non-hydrogen) atoms. The van der Waals surface area contributed by atoms with Crippen molar-refractivity contribution in [3.8, 4) is 17.2 Å². The summed E-state index contributed by atoms with van der Waals surface area (Å²) in [5, 5.41) is -0.483. The molecule has 0 spiro atoms. The van der Waals surface area contributed by atoms with Gasteiger partial charge in [0.15, 0.2) is 0 Å². The van der Waals surface area contributed by atoms with E-state index in [1.165, 1.54) is 5.56 Å². The molecular weight excluding hydrogens is 336 g/mol. The Bertz CT molecular complexity index is 812. The van der Waals surface area contributed by atoms with Crippen molar-refractivity contribution in [3.05, 3.63) is 90.0 Å². The van der Waals surface area contributed by atoms with Crippen LogP contribution in [0.1, 0.15) is 15.9 Å². The first-order chi connectivity index (χ1) is 12.2. The van der Waals surface area contributed by atoms with Gasteiger partial charge in [-0.2, -0.15) is 0 Å². The lowest BCUT2D eigenvalue weighted by Crippen LogP contribution is -2.01. The van der Waals surface area contributed by atoms with Gasteiger partial charge in [-0.25, -0.2) is 0 Å². The van der Waals surface area contributed by atoms with E-state index >= 15 is 0 Å². The standard InChI is InChI=1S/C21H17ClO3/c22-21(23)17-6-8-19(9-7-17)25-20-12-10-18(11-13-20)24-15-14-16-4-2-1-3-5-16/h1-13H,14-15H2. The molecule has 3 rings (SSSR count). The number of halogens is 1. The van der Waals surface area contributed by atoms with E-state index in [9.17, 15) is 4.79 Å². The summed E-state index contributed by atoms with van der Waals surface area (Å²) in [6, 6.07) is 24.3. The van der Waals surface area contributed by atoms with Gasteiger partial charge in [-0.1, -0.05) is 30.3 Å². The van der Waals surface area contributed by atoms with Crippen molar-refractivity contribution >= 4 is 16.8 Å². The highest BCUT2D eigenvalue weighted by molar-refractivity contribution is 6.67. The van der Waals surface area contributed by atoms with E-state index in [2.05, 4.69) is 12.1 Å². The predicted octanol–water partition coefficient (Wildman–Crippen LogP) is 5.48. The third kappa shape index (κ3) is 5.10. The second-order valence-corrected chi connectivity index (χ2v) is 5.80. The van der Waals surface area contributed by atoms with Crippen LogP contribution in [0.3, 0.4) is 0 Å². The largest absolute Gasteiger partial charge is 0.493 e. The Hall–Kier alpha value is -2.78. The lowest BCUT2D eigenvalue weighted by Gasteiger charge is -2.09. The van der Waals surface area contributed by atoms with E-state index in [4.69, 9.17) is 21.1 Å². The predicted molar refractivity (Wildman–Crippen MR) is 98.8 cm³/mol. The highest BCUT2D eigenvalue weighted by atomic mass is 35.5. The molecule has 3 aromatic carbocycles. The van der Waals surface area contributed by atoms with Gasteiger partial charge in [-0.05, 0) is 65.7 Å². The Morgan fingerprint density at radius 3 is 1.92 bits per heavy atom. The molecule has 3 aromatic rings. The minimum absolute atomic E-state index is 0.441. The first kappa shape index (κ1) is 17.1. The summed E-state index contributed by atoms with van der Waals surface area (Å²) in [4.78, 5) is 11.0. The van der Waals surface area contributed by atoms with Gasteiger partial charge in [0, 0.05) is 12.0 Å². The van der Waals surface area contributed by atoms with Crippen molar-refractivity contribution in [1.82, 2.24) is 0 Å². The smallest absolute Gasteiger partial charge is 0.252 e. The van der Waals surface area contributed by atoms with E-state index in [1.54, 1.807) is 24.3 Å². The van der Waals surface area contributed by atoms with E-state index in [0.29, 0.717) is 23.7 Å². The summed E-state index contributed by atoms with van der Waals surface area (Å²) in [7, 11) is 0. The maximum atomic E-state index is 11.0. The average Bonchev–Trinajstić information content (AvgIpc) is 2.64.